The molecule has 0 aliphatic carbocycles. The first-order valence-electron chi connectivity index (χ1n) is 8.13. The number of aromatic nitrogens is 1. The van der Waals surface area contributed by atoms with Gasteiger partial charge in [-0.2, -0.15) is 9.64 Å². The zero-order chi connectivity index (χ0) is 22.5. The number of hydrogen-bond donors (Lipinski definition) is 0. The monoisotopic (exact) mass is 472 g/mol. The van der Waals surface area contributed by atoms with Crippen LogP contribution in [-0.4, -0.2) is 24.5 Å². The van der Waals surface area contributed by atoms with Crippen LogP contribution in [-0.2, 0) is 0 Å². The average molecular weight is 472 g/mol. The summed E-state index contributed by atoms with van der Waals surface area (Å²) in [5.74, 6) is 0. The van der Waals surface area contributed by atoms with E-state index in [9.17, 15) is 35.1 Å². The molecule has 0 unspecified atom stereocenters. The second kappa shape index (κ2) is 9.47. The van der Waals surface area contributed by atoms with Crippen LogP contribution in [0, 0.1) is 31.6 Å². The number of thioether (sulfide) groups is 2. The van der Waals surface area contributed by atoms with Crippen LogP contribution >= 0.6 is 35.1 Å². The standard InChI is InChI=1S/C18H8N4O6S3/c19-9-14-15(29-16(23)10-3-1-5-12(7-10)21(25)26)20-31-18(14)30-17(24)11-4-2-6-13(8-11)22(27)28/h1-8H. The lowest BCUT2D eigenvalue weighted by Gasteiger charge is -2.00. The van der Waals surface area contributed by atoms with Crippen LogP contribution in [0.1, 0.15) is 26.3 Å². The minimum atomic E-state index is -0.626. The van der Waals surface area contributed by atoms with Crippen molar-refractivity contribution in [2.24, 2.45) is 0 Å². The number of nitrogens with zero attached hydrogens (tertiary/aromatic N) is 4. The smallest absolute Gasteiger partial charge is 0.270 e. The van der Waals surface area contributed by atoms with Gasteiger partial charge in [-0.3, -0.25) is 29.8 Å². The minimum Gasteiger partial charge on any atom is -0.281 e. The second-order valence-electron chi connectivity index (χ2n) is 5.66. The van der Waals surface area contributed by atoms with Crippen molar-refractivity contribution in [2.75, 3.05) is 0 Å². The maximum atomic E-state index is 12.5. The van der Waals surface area contributed by atoms with E-state index in [1.807, 2.05) is 6.07 Å². The first-order chi connectivity index (χ1) is 14.8. The predicted molar refractivity (Wildman–Crippen MR) is 113 cm³/mol. The van der Waals surface area contributed by atoms with Crippen LogP contribution in [0.5, 0.6) is 0 Å². The van der Waals surface area contributed by atoms with Crippen molar-refractivity contribution in [3.63, 3.8) is 0 Å². The molecule has 0 N–H and O–H groups in total. The molecule has 0 bridgehead atoms. The molecule has 2 aromatic carbocycles. The Kier molecular flexibility index (Phi) is 6.75. The Morgan fingerprint density at radius 2 is 1.45 bits per heavy atom. The van der Waals surface area contributed by atoms with Crippen LogP contribution < -0.4 is 0 Å². The Morgan fingerprint density at radius 3 is 1.94 bits per heavy atom. The van der Waals surface area contributed by atoms with Gasteiger partial charge in [0.25, 0.3) is 11.4 Å². The van der Waals surface area contributed by atoms with Gasteiger partial charge in [0.2, 0.25) is 10.2 Å². The van der Waals surface area contributed by atoms with Gasteiger partial charge in [-0.15, -0.1) is 0 Å². The lowest BCUT2D eigenvalue weighted by Crippen LogP contribution is -1.97. The van der Waals surface area contributed by atoms with Crippen LogP contribution in [0.3, 0.4) is 0 Å². The number of rotatable bonds is 6. The molecule has 154 valence electrons. The zero-order valence-corrected chi connectivity index (χ0v) is 17.5. The summed E-state index contributed by atoms with van der Waals surface area (Å²) in [6.07, 6.45) is 0. The maximum Gasteiger partial charge on any atom is 0.270 e. The van der Waals surface area contributed by atoms with Gasteiger partial charge < -0.3 is 0 Å². The van der Waals surface area contributed by atoms with Crippen molar-refractivity contribution < 1.29 is 19.4 Å². The molecule has 0 saturated heterocycles. The first kappa shape index (κ1) is 22.1. The quantitative estimate of drug-likeness (QED) is 0.280. The predicted octanol–water partition coefficient (Wildman–Crippen LogP) is 4.70. The summed E-state index contributed by atoms with van der Waals surface area (Å²) in [4.78, 5) is 45.5. The largest absolute Gasteiger partial charge is 0.281 e. The Hall–Kier alpha value is -3.60. The van der Waals surface area contributed by atoms with Crippen LogP contribution in [0.15, 0.2) is 57.8 Å². The number of carbonyl (C=O) groups is 2. The summed E-state index contributed by atoms with van der Waals surface area (Å²) >= 11 is 2.13. The normalized spacial score (nSPS) is 10.3. The number of nitro benzene ring substituents is 2. The van der Waals surface area contributed by atoms with Gasteiger partial charge in [-0.25, -0.2) is 0 Å². The third-order valence-electron chi connectivity index (χ3n) is 3.70. The van der Waals surface area contributed by atoms with E-state index in [1.165, 1.54) is 36.4 Å². The molecular formula is C18H8N4O6S3. The number of nitriles is 1. The van der Waals surface area contributed by atoms with Gasteiger partial charge in [-0.1, -0.05) is 12.1 Å². The molecule has 10 nitrogen and oxygen atoms in total. The molecule has 3 rings (SSSR count). The maximum absolute atomic E-state index is 12.5. The van der Waals surface area contributed by atoms with Crippen molar-refractivity contribution in [3.8, 4) is 6.07 Å². The van der Waals surface area contributed by atoms with E-state index in [2.05, 4.69) is 4.37 Å². The molecule has 1 heterocycles. The fourth-order valence-corrected chi connectivity index (χ4v) is 4.97. The molecular weight excluding hydrogens is 464 g/mol. The molecule has 0 atom stereocenters. The van der Waals surface area contributed by atoms with E-state index in [1.54, 1.807) is 0 Å². The van der Waals surface area contributed by atoms with E-state index in [4.69, 9.17) is 0 Å². The highest BCUT2D eigenvalue weighted by molar-refractivity contribution is 8.16. The summed E-state index contributed by atoms with van der Waals surface area (Å²) < 4.78 is 4.28. The molecule has 31 heavy (non-hydrogen) atoms. The fraction of sp³-hybridized carbons (Fsp3) is 0. The molecule has 3 aromatic rings. The van der Waals surface area contributed by atoms with Crippen LogP contribution in [0.4, 0.5) is 11.4 Å². The Morgan fingerprint density at radius 1 is 0.935 bits per heavy atom. The highest BCUT2D eigenvalue weighted by Crippen LogP contribution is 2.37. The van der Waals surface area contributed by atoms with E-state index < -0.39 is 20.1 Å². The lowest BCUT2D eigenvalue weighted by atomic mass is 10.2. The molecule has 0 amide bonds. The third kappa shape index (κ3) is 5.12. The summed E-state index contributed by atoms with van der Waals surface area (Å²) in [5.41, 5.74) is -0.326. The van der Waals surface area contributed by atoms with Crippen molar-refractivity contribution in [1.82, 2.24) is 4.37 Å². The number of carbonyl (C=O) groups excluding carboxylic acids is 2. The summed E-state index contributed by atoms with van der Waals surface area (Å²) in [5, 5.41) is 30.2. The lowest BCUT2D eigenvalue weighted by molar-refractivity contribution is -0.385. The van der Waals surface area contributed by atoms with Crippen molar-refractivity contribution in [1.29, 1.82) is 5.26 Å². The van der Waals surface area contributed by atoms with Gasteiger partial charge in [0.1, 0.15) is 20.9 Å². The summed E-state index contributed by atoms with van der Waals surface area (Å²) in [6, 6.07) is 12.2. The van der Waals surface area contributed by atoms with Crippen LogP contribution in [0.25, 0.3) is 0 Å². The Labute approximate surface area is 186 Å². The van der Waals surface area contributed by atoms with E-state index in [0.29, 0.717) is 23.5 Å². The van der Waals surface area contributed by atoms with Gasteiger partial charge in [0.05, 0.1) is 9.85 Å². The average Bonchev–Trinajstić information content (AvgIpc) is 3.14. The van der Waals surface area contributed by atoms with Crippen molar-refractivity contribution in [3.05, 3.63) is 85.4 Å². The van der Waals surface area contributed by atoms with E-state index in [0.717, 1.165) is 23.7 Å². The van der Waals surface area contributed by atoms with E-state index in [-0.39, 0.29) is 37.3 Å². The third-order valence-corrected chi connectivity index (χ3v) is 6.65. The van der Waals surface area contributed by atoms with Gasteiger partial charge in [0.15, 0.2) is 0 Å². The number of benzene rings is 2. The SMILES string of the molecule is N#Cc1c(SC(=O)c2cccc([N+](=O)[O-])c2)nsc1SC(=O)c1cccc([N+](=O)[O-])c1. The Balaban J connectivity index is 1.80. The molecule has 0 aliphatic heterocycles. The summed E-state index contributed by atoms with van der Waals surface area (Å²) in [7, 11) is 0. The highest BCUT2D eigenvalue weighted by atomic mass is 32.2. The van der Waals surface area contributed by atoms with Crippen molar-refractivity contribution >= 4 is 56.7 Å². The number of hydrogen-bond acceptors (Lipinski definition) is 11. The highest BCUT2D eigenvalue weighted by Gasteiger charge is 2.23. The molecule has 0 spiro atoms. The molecule has 0 fully saturated rings. The Bertz CT molecular complexity index is 1180. The molecule has 0 saturated carbocycles. The molecule has 0 aliphatic rings. The van der Waals surface area contributed by atoms with E-state index >= 15 is 0 Å². The van der Waals surface area contributed by atoms with Gasteiger partial charge in [-0.05, 0) is 47.2 Å². The van der Waals surface area contributed by atoms with Gasteiger partial charge in [0, 0.05) is 35.4 Å². The minimum absolute atomic E-state index is 0.0116. The summed E-state index contributed by atoms with van der Waals surface area (Å²) in [6.45, 7) is 0. The second-order valence-corrected chi connectivity index (χ2v) is 8.63. The van der Waals surface area contributed by atoms with Crippen LogP contribution in [0.2, 0.25) is 0 Å². The zero-order valence-electron chi connectivity index (χ0n) is 15.1. The fourth-order valence-electron chi connectivity index (χ4n) is 2.28. The topological polar surface area (TPSA) is 157 Å². The van der Waals surface area contributed by atoms with Crippen molar-refractivity contribution in [2.45, 2.75) is 9.24 Å². The molecule has 0 radical (unpaired) electrons. The molecule has 1 aromatic heterocycles. The number of nitro groups is 2. The molecule has 13 heteroatoms. The van der Waals surface area contributed by atoms with Gasteiger partial charge >= 0.3 is 0 Å². The number of non-ortho nitro benzene ring substituents is 2. The first-order valence-corrected chi connectivity index (χ1v) is 10.5.